The Hall–Kier alpha value is -1.21. The van der Waals surface area contributed by atoms with E-state index in [2.05, 4.69) is 15.5 Å². The summed E-state index contributed by atoms with van der Waals surface area (Å²) in [6.45, 7) is 2.67. The first-order valence-electron chi connectivity index (χ1n) is 5.05. The van der Waals surface area contributed by atoms with Crippen LogP contribution in [0.4, 0.5) is 5.13 Å². The third-order valence-electron chi connectivity index (χ3n) is 2.56. The molecule has 1 fully saturated rings. The Morgan fingerprint density at radius 3 is 2.88 bits per heavy atom. The number of carbonyl (C=O) groups excluding carboxylic acids is 1. The molecule has 88 valence electrons. The molecule has 2 rings (SSSR count). The molecule has 0 spiro atoms. The summed E-state index contributed by atoms with van der Waals surface area (Å²) in [6, 6.07) is 0. The summed E-state index contributed by atoms with van der Waals surface area (Å²) in [5.74, 6) is -0.156. The molecule has 1 unspecified atom stereocenters. The Labute approximate surface area is 97.3 Å². The maximum Gasteiger partial charge on any atom is 0.285 e. The fourth-order valence-corrected chi connectivity index (χ4v) is 2.33. The number of carbonyl (C=O) groups is 1. The van der Waals surface area contributed by atoms with Crippen molar-refractivity contribution < 1.29 is 9.90 Å². The molecule has 1 amide bonds. The van der Waals surface area contributed by atoms with Gasteiger partial charge in [-0.05, 0) is 13.3 Å². The minimum absolute atomic E-state index is 0.156. The summed E-state index contributed by atoms with van der Waals surface area (Å²) >= 11 is 1.22. The number of nitrogens with one attached hydrogen (secondary N) is 1. The zero-order valence-corrected chi connectivity index (χ0v) is 10.0. The SMILES string of the molecule is CNc1nnc(C(=O)N2CCC(C)(O)C2)s1. The van der Waals surface area contributed by atoms with Crippen molar-refractivity contribution in [1.29, 1.82) is 0 Å². The first-order valence-corrected chi connectivity index (χ1v) is 5.86. The van der Waals surface area contributed by atoms with E-state index in [1.165, 1.54) is 11.3 Å². The van der Waals surface area contributed by atoms with Crippen LogP contribution in [0.1, 0.15) is 23.1 Å². The summed E-state index contributed by atoms with van der Waals surface area (Å²) in [6.07, 6.45) is 0.608. The van der Waals surface area contributed by atoms with Crippen LogP contribution in [-0.4, -0.2) is 51.8 Å². The van der Waals surface area contributed by atoms with Gasteiger partial charge in [0, 0.05) is 20.1 Å². The van der Waals surface area contributed by atoms with Crippen molar-refractivity contribution >= 4 is 22.4 Å². The number of aromatic nitrogens is 2. The number of hydrogen-bond acceptors (Lipinski definition) is 6. The maximum absolute atomic E-state index is 12.0. The fraction of sp³-hybridized carbons (Fsp3) is 0.667. The molecule has 1 aromatic heterocycles. The van der Waals surface area contributed by atoms with Crippen molar-refractivity contribution in [2.75, 3.05) is 25.5 Å². The zero-order chi connectivity index (χ0) is 11.8. The number of anilines is 1. The monoisotopic (exact) mass is 242 g/mol. The Morgan fingerprint density at radius 1 is 1.62 bits per heavy atom. The van der Waals surface area contributed by atoms with Crippen LogP contribution in [0.3, 0.4) is 0 Å². The van der Waals surface area contributed by atoms with E-state index in [1.807, 2.05) is 0 Å². The van der Waals surface area contributed by atoms with Gasteiger partial charge in [-0.15, -0.1) is 10.2 Å². The first-order chi connectivity index (χ1) is 7.52. The average Bonchev–Trinajstić information content (AvgIpc) is 2.83. The lowest BCUT2D eigenvalue weighted by Gasteiger charge is -2.17. The molecule has 0 aliphatic carbocycles. The largest absolute Gasteiger partial charge is 0.388 e. The predicted octanol–water partition coefficient (Wildman–Crippen LogP) is 0.177. The van der Waals surface area contributed by atoms with Crippen molar-refractivity contribution in [3.8, 4) is 0 Å². The molecule has 1 atom stereocenters. The second kappa shape index (κ2) is 3.99. The van der Waals surface area contributed by atoms with Crippen molar-refractivity contribution in [3.63, 3.8) is 0 Å². The molecule has 1 aliphatic heterocycles. The molecule has 1 saturated heterocycles. The molecule has 0 radical (unpaired) electrons. The van der Waals surface area contributed by atoms with Gasteiger partial charge >= 0.3 is 0 Å². The van der Waals surface area contributed by atoms with Gasteiger partial charge in [0.05, 0.1) is 5.60 Å². The lowest BCUT2D eigenvalue weighted by molar-refractivity contribution is 0.0571. The lowest BCUT2D eigenvalue weighted by Crippen LogP contribution is -2.33. The van der Waals surface area contributed by atoms with E-state index in [4.69, 9.17) is 0 Å². The highest BCUT2D eigenvalue weighted by Crippen LogP contribution is 2.23. The van der Waals surface area contributed by atoms with E-state index >= 15 is 0 Å². The Kier molecular flexibility index (Phi) is 2.81. The van der Waals surface area contributed by atoms with Crippen LogP contribution in [0.15, 0.2) is 0 Å². The van der Waals surface area contributed by atoms with Crippen LogP contribution in [0, 0.1) is 0 Å². The minimum atomic E-state index is -0.772. The Balaban J connectivity index is 2.08. The molecule has 2 N–H and O–H groups in total. The van der Waals surface area contributed by atoms with Gasteiger partial charge in [0.1, 0.15) is 0 Å². The predicted molar refractivity (Wildman–Crippen MR) is 60.6 cm³/mol. The van der Waals surface area contributed by atoms with Crippen LogP contribution in [0.2, 0.25) is 0 Å². The van der Waals surface area contributed by atoms with E-state index in [-0.39, 0.29) is 5.91 Å². The molecule has 0 aromatic carbocycles. The van der Waals surface area contributed by atoms with Crippen molar-refractivity contribution in [2.24, 2.45) is 0 Å². The normalized spacial score (nSPS) is 24.8. The van der Waals surface area contributed by atoms with Crippen molar-refractivity contribution in [3.05, 3.63) is 5.01 Å². The van der Waals surface area contributed by atoms with Gasteiger partial charge in [-0.1, -0.05) is 11.3 Å². The molecule has 2 heterocycles. The number of β-amino-alcohol motifs (C(OH)–C–C–N with tert-alkyl or cyclic N) is 1. The topological polar surface area (TPSA) is 78.4 Å². The minimum Gasteiger partial charge on any atom is -0.388 e. The summed E-state index contributed by atoms with van der Waals surface area (Å²) in [5, 5.41) is 21.2. The number of likely N-dealkylation sites (tertiary alicyclic amines) is 1. The number of hydrogen-bond donors (Lipinski definition) is 2. The smallest absolute Gasteiger partial charge is 0.285 e. The quantitative estimate of drug-likeness (QED) is 0.773. The summed E-state index contributed by atoms with van der Waals surface area (Å²) < 4.78 is 0. The van der Waals surface area contributed by atoms with Crippen LogP contribution in [0.25, 0.3) is 0 Å². The highest BCUT2D eigenvalue weighted by molar-refractivity contribution is 7.17. The number of aliphatic hydroxyl groups is 1. The fourth-order valence-electron chi connectivity index (χ4n) is 1.66. The van der Waals surface area contributed by atoms with Gasteiger partial charge in [-0.2, -0.15) is 0 Å². The van der Waals surface area contributed by atoms with Gasteiger partial charge in [-0.25, -0.2) is 0 Å². The van der Waals surface area contributed by atoms with E-state index in [0.29, 0.717) is 29.6 Å². The summed E-state index contributed by atoms with van der Waals surface area (Å²) in [5.41, 5.74) is -0.772. The van der Waals surface area contributed by atoms with Crippen molar-refractivity contribution in [2.45, 2.75) is 18.9 Å². The molecular weight excluding hydrogens is 228 g/mol. The van der Waals surface area contributed by atoms with E-state index in [1.54, 1.807) is 18.9 Å². The van der Waals surface area contributed by atoms with Crippen LogP contribution >= 0.6 is 11.3 Å². The average molecular weight is 242 g/mol. The summed E-state index contributed by atoms with van der Waals surface area (Å²) in [4.78, 5) is 13.6. The maximum atomic E-state index is 12.0. The molecular formula is C9H14N4O2S. The molecule has 6 nitrogen and oxygen atoms in total. The van der Waals surface area contributed by atoms with E-state index in [9.17, 15) is 9.90 Å². The molecule has 16 heavy (non-hydrogen) atoms. The van der Waals surface area contributed by atoms with Gasteiger partial charge in [0.2, 0.25) is 10.1 Å². The summed E-state index contributed by atoms with van der Waals surface area (Å²) in [7, 11) is 1.73. The Bertz CT molecular complexity index is 404. The molecule has 1 aliphatic rings. The van der Waals surface area contributed by atoms with Crippen LogP contribution < -0.4 is 5.32 Å². The third-order valence-corrected chi connectivity index (χ3v) is 3.49. The van der Waals surface area contributed by atoms with Crippen molar-refractivity contribution in [1.82, 2.24) is 15.1 Å². The standard InChI is InChI=1S/C9H14N4O2S/c1-9(15)3-4-13(5-9)7(14)6-11-12-8(10-2)16-6/h15H,3-5H2,1-2H3,(H,10,12). The molecule has 7 heteroatoms. The highest BCUT2D eigenvalue weighted by Gasteiger charge is 2.35. The van der Waals surface area contributed by atoms with Crippen LogP contribution in [-0.2, 0) is 0 Å². The third kappa shape index (κ3) is 2.14. The zero-order valence-electron chi connectivity index (χ0n) is 9.23. The Morgan fingerprint density at radius 2 is 2.38 bits per heavy atom. The molecule has 0 saturated carbocycles. The van der Waals surface area contributed by atoms with E-state index in [0.717, 1.165) is 0 Å². The number of rotatable bonds is 2. The van der Waals surface area contributed by atoms with E-state index < -0.39 is 5.60 Å². The number of nitrogens with zero attached hydrogens (tertiary/aromatic N) is 3. The highest BCUT2D eigenvalue weighted by atomic mass is 32.1. The second-order valence-corrected chi connectivity index (χ2v) is 5.11. The first kappa shape index (κ1) is 11.3. The number of amides is 1. The molecule has 1 aromatic rings. The van der Waals surface area contributed by atoms with Crippen LogP contribution in [0.5, 0.6) is 0 Å². The molecule has 0 bridgehead atoms. The van der Waals surface area contributed by atoms with Gasteiger partial charge < -0.3 is 15.3 Å². The van der Waals surface area contributed by atoms with Gasteiger partial charge in [-0.3, -0.25) is 4.79 Å². The van der Waals surface area contributed by atoms with Gasteiger partial charge in [0.15, 0.2) is 0 Å². The van der Waals surface area contributed by atoms with Gasteiger partial charge in [0.25, 0.3) is 5.91 Å². The second-order valence-electron chi connectivity index (χ2n) is 4.14. The lowest BCUT2D eigenvalue weighted by atomic mass is 10.1.